The van der Waals surface area contributed by atoms with E-state index < -0.39 is 29.2 Å². The first kappa shape index (κ1) is 16.0. The van der Waals surface area contributed by atoms with Crippen LogP contribution in [0.1, 0.15) is 43.4 Å². The van der Waals surface area contributed by atoms with Crippen LogP contribution in [0.4, 0.5) is 0 Å². The minimum Gasteiger partial charge on any atom is -0.336 e. The number of nitrogens with zero attached hydrogens (tertiary/aromatic N) is 4. The number of amides is 1. The summed E-state index contributed by atoms with van der Waals surface area (Å²) < 4.78 is 2.19. The van der Waals surface area contributed by atoms with Gasteiger partial charge in [0.15, 0.2) is 0 Å². The van der Waals surface area contributed by atoms with E-state index in [0.29, 0.717) is 37.9 Å². The maximum atomic E-state index is 12.4. The van der Waals surface area contributed by atoms with Crippen LogP contribution in [0.15, 0.2) is 9.59 Å². The summed E-state index contributed by atoms with van der Waals surface area (Å²) in [5.41, 5.74) is -1.84. The SMILES string of the molecule is N#Cc1c2n(c(=O)n(CC(=O)NC3(C#N)CCCC3)c1=O)CCC2. The molecule has 2 heterocycles. The Hall–Kier alpha value is -2.87. The van der Waals surface area contributed by atoms with Crippen LogP contribution in [0.5, 0.6) is 0 Å². The molecule has 1 amide bonds. The second-order valence-corrected chi connectivity index (χ2v) is 6.31. The number of rotatable bonds is 3. The lowest BCUT2D eigenvalue weighted by molar-refractivity contribution is -0.123. The molecule has 0 unspecified atom stereocenters. The molecule has 8 heteroatoms. The third kappa shape index (κ3) is 2.50. The lowest BCUT2D eigenvalue weighted by atomic mass is 10.00. The Morgan fingerprint density at radius 1 is 1.21 bits per heavy atom. The quantitative estimate of drug-likeness (QED) is 0.823. The maximum absolute atomic E-state index is 12.4. The highest BCUT2D eigenvalue weighted by molar-refractivity contribution is 5.77. The number of aromatic nitrogens is 2. The molecule has 1 fully saturated rings. The van der Waals surface area contributed by atoms with Crippen LogP contribution in [-0.2, 0) is 24.3 Å². The zero-order valence-corrected chi connectivity index (χ0v) is 13.2. The predicted molar refractivity (Wildman–Crippen MR) is 83.0 cm³/mol. The number of carbonyl (C=O) groups is 1. The molecular weight excluding hydrogens is 310 g/mol. The number of hydrogen-bond donors (Lipinski definition) is 1. The third-order valence-electron chi connectivity index (χ3n) is 4.79. The molecule has 0 spiro atoms. The van der Waals surface area contributed by atoms with Crippen LogP contribution in [0.25, 0.3) is 0 Å². The molecular formula is C16H17N5O3. The van der Waals surface area contributed by atoms with Crippen LogP contribution in [0.2, 0.25) is 0 Å². The molecule has 2 aliphatic rings. The first-order valence-electron chi connectivity index (χ1n) is 8.00. The monoisotopic (exact) mass is 327 g/mol. The van der Waals surface area contributed by atoms with Crippen LogP contribution in [0, 0.1) is 22.7 Å². The average molecular weight is 327 g/mol. The molecule has 8 nitrogen and oxygen atoms in total. The molecule has 124 valence electrons. The minimum absolute atomic E-state index is 0.0734. The van der Waals surface area contributed by atoms with E-state index in [9.17, 15) is 24.9 Å². The summed E-state index contributed by atoms with van der Waals surface area (Å²) in [6, 6.07) is 3.98. The van der Waals surface area contributed by atoms with Gasteiger partial charge in [0, 0.05) is 12.2 Å². The van der Waals surface area contributed by atoms with E-state index in [2.05, 4.69) is 11.4 Å². The van der Waals surface area contributed by atoms with E-state index in [1.165, 1.54) is 4.57 Å². The second kappa shape index (κ2) is 5.97. The largest absolute Gasteiger partial charge is 0.336 e. The Kier molecular flexibility index (Phi) is 3.98. The number of nitriles is 2. The van der Waals surface area contributed by atoms with Crippen molar-refractivity contribution in [3.05, 3.63) is 32.1 Å². The Balaban J connectivity index is 1.93. The van der Waals surface area contributed by atoms with Crippen molar-refractivity contribution in [3.8, 4) is 12.1 Å². The molecule has 0 atom stereocenters. The zero-order valence-electron chi connectivity index (χ0n) is 13.2. The van der Waals surface area contributed by atoms with Crippen molar-refractivity contribution in [1.29, 1.82) is 10.5 Å². The van der Waals surface area contributed by atoms with Gasteiger partial charge in [0.05, 0.1) is 6.07 Å². The highest BCUT2D eigenvalue weighted by atomic mass is 16.2. The maximum Gasteiger partial charge on any atom is 0.331 e. The van der Waals surface area contributed by atoms with Gasteiger partial charge in [-0.05, 0) is 38.5 Å². The van der Waals surface area contributed by atoms with Gasteiger partial charge in [-0.3, -0.25) is 14.2 Å². The Labute approximate surface area is 137 Å². The van der Waals surface area contributed by atoms with Gasteiger partial charge in [-0.2, -0.15) is 10.5 Å². The molecule has 1 aromatic rings. The fraction of sp³-hybridized carbons (Fsp3) is 0.562. The summed E-state index contributed by atoms with van der Waals surface area (Å²) in [6.45, 7) is -0.0388. The molecule has 0 aromatic carbocycles. The van der Waals surface area contributed by atoms with Crippen LogP contribution in [0.3, 0.4) is 0 Å². The van der Waals surface area contributed by atoms with Gasteiger partial charge in [-0.25, -0.2) is 9.36 Å². The topological polar surface area (TPSA) is 121 Å². The summed E-state index contributed by atoms with van der Waals surface area (Å²) in [7, 11) is 0. The van der Waals surface area contributed by atoms with E-state index in [1.807, 2.05) is 6.07 Å². The van der Waals surface area contributed by atoms with Crippen molar-refractivity contribution >= 4 is 5.91 Å². The van der Waals surface area contributed by atoms with Crippen molar-refractivity contribution in [2.75, 3.05) is 0 Å². The Bertz CT molecular complexity index is 890. The van der Waals surface area contributed by atoms with Crippen LogP contribution >= 0.6 is 0 Å². The molecule has 3 rings (SSSR count). The highest BCUT2D eigenvalue weighted by Gasteiger charge is 2.35. The van der Waals surface area contributed by atoms with Gasteiger partial charge in [0.1, 0.15) is 23.7 Å². The van der Waals surface area contributed by atoms with Crippen molar-refractivity contribution < 1.29 is 4.79 Å². The van der Waals surface area contributed by atoms with E-state index in [1.54, 1.807) is 0 Å². The standard InChI is InChI=1S/C16H17N5O3/c17-8-11-12-4-3-7-20(12)15(24)21(14(11)23)9-13(22)19-16(10-18)5-1-2-6-16/h1-7,9H2,(H,19,22). The van der Waals surface area contributed by atoms with Gasteiger partial charge >= 0.3 is 5.69 Å². The third-order valence-corrected chi connectivity index (χ3v) is 4.79. The number of fused-ring (bicyclic) bond motifs is 1. The number of nitrogens with one attached hydrogen (secondary N) is 1. The van der Waals surface area contributed by atoms with Crippen molar-refractivity contribution in [3.63, 3.8) is 0 Å². The molecule has 1 aliphatic heterocycles. The lowest BCUT2D eigenvalue weighted by Gasteiger charge is -2.22. The molecule has 0 saturated heterocycles. The van der Waals surface area contributed by atoms with Crippen molar-refractivity contribution in [1.82, 2.24) is 14.5 Å². The van der Waals surface area contributed by atoms with Crippen LogP contribution < -0.4 is 16.6 Å². The first-order chi connectivity index (χ1) is 11.5. The summed E-state index contributed by atoms with van der Waals surface area (Å²) in [5.74, 6) is -0.555. The summed E-state index contributed by atoms with van der Waals surface area (Å²) in [4.78, 5) is 37.1. The van der Waals surface area contributed by atoms with E-state index in [0.717, 1.165) is 17.4 Å². The Morgan fingerprint density at radius 3 is 2.54 bits per heavy atom. The molecule has 1 aromatic heterocycles. The summed E-state index contributed by atoms with van der Waals surface area (Å²) in [6.07, 6.45) is 4.05. The first-order valence-corrected chi connectivity index (χ1v) is 8.00. The molecule has 0 radical (unpaired) electrons. The fourth-order valence-electron chi connectivity index (χ4n) is 3.58. The van der Waals surface area contributed by atoms with Gasteiger partial charge < -0.3 is 5.32 Å². The lowest BCUT2D eigenvalue weighted by Crippen LogP contribution is -2.50. The van der Waals surface area contributed by atoms with E-state index in [-0.39, 0.29) is 5.56 Å². The number of hydrogen-bond acceptors (Lipinski definition) is 5. The summed E-state index contributed by atoms with van der Waals surface area (Å²) >= 11 is 0. The van der Waals surface area contributed by atoms with Gasteiger partial charge in [0.2, 0.25) is 5.91 Å². The average Bonchev–Trinajstić information content (AvgIpc) is 3.22. The fourth-order valence-corrected chi connectivity index (χ4v) is 3.58. The predicted octanol–water partition coefficient (Wildman–Crippen LogP) is -0.220. The van der Waals surface area contributed by atoms with Gasteiger partial charge in [-0.1, -0.05) is 0 Å². The van der Waals surface area contributed by atoms with E-state index in [4.69, 9.17) is 0 Å². The molecule has 1 aliphatic carbocycles. The smallest absolute Gasteiger partial charge is 0.331 e. The number of carbonyl (C=O) groups excluding carboxylic acids is 1. The Morgan fingerprint density at radius 2 is 1.92 bits per heavy atom. The molecule has 1 N–H and O–H groups in total. The highest BCUT2D eigenvalue weighted by Crippen LogP contribution is 2.28. The van der Waals surface area contributed by atoms with Gasteiger partial charge in [-0.15, -0.1) is 0 Å². The normalized spacial score (nSPS) is 17.8. The zero-order chi connectivity index (χ0) is 17.3. The molecule has 24 heavy (non-hydrogen) atoms. The van der Waals surface area contributed by atoms with Crippen molar-refractivity contribution in [2.24, 2.45) is 0 Å². The molecule has 1 saturated carbocycles. The second-order valence-electron chi connectivity index (χ2n) is 6.31. The summed E-state index contributed by atoms with van der Waals surface area (Å²) in [5, 5.41) is 21.2. The van der Waals surface area contributed by atoms with Crippen molar-refractivity contribution in [2.45, 2.75) is 57.2 Å². The van der Waals surface area contributed by atoms with Gasteiger partial charge in [0.25, 0.3) is 5.56 Å². The van der Waals surface area contributed by atoms with Crippen LogP contribution in [-0.4, -0.2) is 20.6 Å². The molecule has 0 bridgehead atoms. The minimum atomic E-state index is -0.911. The van der Waals surface area contributed by atoms with E-state index >= 15 is 0 Å².